The van der Waals surface area contributed by atoms with E-state index >= 15 is 0 Å². The minimum atomic E-state index is -0.0211. The highest BCUT2D eigenvalue weighted by molar-refractivity contribution is 5.39. The predicted octanol–water partition coefficient (Wildman–Crippen LogP) is 0.536. The second kappa shape index (κ2) is 4.75. The van der Waals surface area contributed by atoms with Gasteiger partial charge in [0.25, 0.3) is 5.56 Å². The maximum Gasteiger partial charge on any atom is 0.258 e. The van der Waals surface area contributed by atoms with Crippen molar-refractivity contribution < 1.29 is 0 Å². The zero-order valence-corrected chi connectivity index (χ0v) is 11.0. The SMILES string of the molecule is Cc1ccc2nc(CN3CC[C@H](N)C3)cc(=O)n2c1. The van der Waals surface area contributed by atoms with E-state index in [1.165, 1.54) is 0 Å². The Balaban J connectivity index is 1.93. The maximum atomic E-state index is 12.1. The van der Waals surface area contributed by atoms with E-state index < -0.39 is 0 Å². The summed E-state index contributed by atoms with van der Waals surface area (Å²) in [5.41, 5.74) is 8.44. The zero-order valence-electron chi connectivity index (χ0n) is 11.0. The third-order valence-corrected chi connectivity index (χ3v) is 3.55. The van der Waals surface area contributed by atoms with Crippen LogP contribution in [-0.2, 0) is 6.54 Å². The van der Waals surface area contributed by atoms with E-state index in [-0.39, 0.29) is 11.6 Å². The highest BCUT2D eigenvalue weighted by Crippen LogP contribution is 2.11. The van der Waals surface area contributed by atoms with Crippen LogP contribution in [0.4, 0.5) is 0 Å². The molecule has 0 radical (unpaired) electrons. The quantitative estimate of drug-likeness (QED) is 0.853. The van der Waals surface area contributed by atoms with Crippen molar-refractivity contribution in [3.63, 3.8) is 0 Å². The largest absolute Gasteiger partial charge is 0.326 e. The predicted molar refractivity (Wildman–Crippen MR) is 74.1 cm³/mol. The van der Waals surface area contributed by atoms with Crippen LogP contribution in [0.3, 0.4) is 0 Å². The highest BCUT2D eigenvalue weighted by Gasteiger charge is 2.19. The Labute approximate surface area is 111 Å². The van der Waals surface area contributed by atoms with Crippen LogP contribution >= 0.6 is 0 Å². The average molecular weight is 258 g/mol. The van der Waals surface area contributed by atoms with Gasteiger partial charge in [-0.05, 0) is 25.0 Å². The molecular weight excluding hydrogens is 240 g/mol. The number of hydrogen-bond acceptors (Lipinski definition) is 4. The van der Waals surface area contributed by atoms with Crippen molar-refractivity contribution >= 4 is 5.65 Å². The lowest BCUT2D eigenvalue weighted by Crippen LogP contribution is -2.27. The molecule has 0 amide bonds. The summed E-state index contributed by atoms with van der Waals surface area (Å²) in [4.78, 5) is 18.9. The topological polar surface area (TPSA) is 63.6 Å². The molecule has 19 heavy (non-hydrogen) atoms. The van der Waals surface area contributed by atoms with Gasteiger partial charge in [0.2, 0.25) is 0 Å². The smallest absolute Gasteiger partial charge is 0.258 e. The molecule has 0 unspecified atom stereocenters. The van der Waals surface area contributed by atoms with Crippen molar-refractivity contribution in [1.29, 1.82) is 0 Å². The molecule has 5 heteroatoms. The van der Waals surface area contributed by atoms with Crippen LogP contribution in [0.15, 0.2) is 29.2 Å². The summed E-state index contributed by atoms with van der Waals surface area (Å²) in [5.74, 6) is 0. The Hall–Kier alpha value is -1.72. The standard InChI is InChI=1S/C14H18N4O/c1-10-2-3-13-16-12(6-14(19)18(13)7-10)9-17-5-4-11(15)8-17/h2-3,6-7,11H,4-5,8-9,15H2,1H3/t11-/m0/s1. The first-order chi connectivity index (χ1) is 9.11. The molecule has 3 heterocycles. The molecule has 3 rings (SSSR count). The first-order valence-electron chi connectivity index (χ1n) is 6.59. The summed E-state index contributed by atoms with van der Waals surface area (Å²) in [6.45, 7) is 4.53. The Morgan fingerprint density at radius 1 is 1.47 bits per heavy atom. The van der Waals surface area contributed by atoms with Crippen LogP contribution in [0, 0.1) is 6.92 Å². The number of hydrogen-bond donors (Lipinski definition) is 1. The number of aromatic nitrogens is 2. The fraction of sp³-hybridized carbons (Fsp3) is 0.429. The molecule has 0 spiro atoms. The molecule has 2 aromatic rings. The van der Waals surface area contributed by atoms with Crippen LogP contribution in [0.2, 0.25) is 0 Å². The van der Waals surface area contributed by atoms with Crippen molar-refractivity contribution in [3.8, 4) is 0 Å². The van der Waals surface area contributed by atoms with Crippen LogP contribution in [0.1, 0.15) is 17.7 Å². The minimum Gasteiger partial charge on any atom is -0.326 e. The van der Waals surface area contributed by atoms with Crippen molar-refractivity contribution in [1.82, 2.24) is 14.3 Å². The monoisotopic (exact) mass is 258 g/mol. The Morgan fingerprint density at radius 2 is 2.32 bits per heavy atom. The fourth-order valence-electron chi connectivity index (χ4n) is 2.57. The van der Waals surface area contributed by atoms with Crippen LogP contribution in [0.5, 0.6) is 0 Å². The van der Waals surface area contributed by atoms with Gasteiger partial charge < -0.3 is 5.73 Å². The summed E-state index contributed by atoms with van der Waals surface area (Å²) in [6, 6.07) is 5.73. The number of fused-ring (bicyclic) bond motifs is 1. The number of nitrogens with two attached hydrogens (primary N) is 1. The van der Waals surface area contributed by atoms with Gasteiger partial charge in [-0.2, -0.15) is 0 Å². The van der Waals surface area contributed by atoms with Gasteiger partial charge in [-0.25, -0.2) is 4.98 Å². The average Bonchev–Trinajstić information content (AvgIpc) is 2.76. The van der Waals surface area contributed by atoms with E-state index in [9.17, 15) is 4.79 Å². The molecule has 1 atom stereocenters. The van der Waals surface area contributed by atoms with Gasteiger partial charge in [-0.15, -0.1) is 0 Å². The summed E-state index contributed by atoms with van der Waals surface area (Å²) in [7, 11) is 0. The zero-order chi connectivity index (χ0) is 13.4. The van der Waals surface area contributed by atoms with E-state index in [2.05, 4.69) is 9.88 Å². The van der Waals surface area contributed by atoms with Crippen LogP contribution in [-0.4, -0.2) is 33.4 Å². The van der Waals surface area contributed by atoms with Crippen LogP contribution in [0.25, 0.3) is 5.65 Å². The van der Waals surface area contributed by atoms with Crippen molar-refractivity contribution in [2.75, 3.05) is 13.1 Å². The van der Waals surface area contributed by atoms with Gasteiger partial charge >= 0.3 is 0 Å². The minimum absolute atomic E-state index is 0.0211. The van der Waals surface area contributed by atoms with Gasteiger partial charge in [0.15, 0.2) is 0 Å². The molecular formula is C14H18N4O. The molecule has 1 aliphatic rings. The normalized spacial score (nSPS) is 20.2. The molecule has 1 aliphatic heterocycles. The number of pyridine rings is 1. The Kier molecular flexibility index (Phi) is 3.08. The lowest BCUT2D eigenvalue weighted by molar-refractivity contribution is 0.323. The van der Waals surface area contributed by atoms with Gasteiger partial charge in [0.1, 0.15) is 5.65 Å². The number of aryl methyl sites for hydroxylation is 1. The lowest BCUT2D eigenvalue weighted by atomic mass is 10.3. The molecule has 1 fully saturated rings. The molecule has 100 valence electrons. The summed E-state index contributed by atoms with van der Waals surface area (Å²) < 4.78 is 1.59. The van der Waals surface area contributed by atoms with Crippen molar-refractivity contribution in [2.45, 2.75) is 25.9 Å². The summed E-state index contributed by atoms with van der Waals surface area (Å²) in [5, 5.41) is 0. The van der Waals surface area contributed by atoms with E-state index in [0.717, 1.165) is 30.8 Å². The third kappa shape index (κ3) is 2.52. The number of likely N-dealkylation sites (tertiary alicyclic amines) is 1. The maximum absolute atomic E-state index is 12.1. The third-order valence-electron chi connectivity index (χ3n) is 3.55. The van der Waals surface area contributed by atoms with Crippen molar-refractivity contribution in [3.05, 3.63) is 46.0 Å². The molecule has 0 bridgehead atoms. The summed E-state index contributed by atoms with van der Waals surface area (Å²) >= 11 is 0. The van der Waals surface area contributed by atoms with Crippen LogP contribution < -0.4 is 11.3 Å². The van der Waals surface area contributed by atoms with E-state index in [1.807, 2.05) is 25.3 Å². The lowest BCUT2D eigenvalue weighted by Gasteiger charge is -2.14. The first-order valence-corrected chi connectivity index (χ1v) is 6.59. The van der Waals surface area contributed by atoms with Gasteiger partial charge in [-0.1, -0.05) is 6.07 Å². The van der Waals surface area contributed by atoms with Crippen molar-refractivity contribution in [2.24, 2.45) is 5.73 Å². The molecule has 1 saturated heterocycles. The number of rotatable bonds is 2. The van der Waals surface area contributed by atoms with E-state index in [4.69, 9.17) is 5.73 Å². The second-order valence-electron chi connectivity index (χ2n) is 5.30. The first kappa shape index (κ1) is 12.3. The second-order valence-corrected chi connectivity index (χ2v) is 5.30. The molecule has 0 aliphatic carbocycles. The molecule has 0 aromatic carbocycles. The van der Waals surface area contributed by atoms with E-state index in [1.54, 1.807) is 10.5 Å². The fourth-order valence-corrected chi connectivity index (χ4v) is 2.57. The molecule has 2 aromatic heterocycles. The Bertz CT molecular complexity index is 664. The van der Waals surface area contributed by atoms with E-state index in [0.29, 0.717) is 12.2 Å². The Morgan fingerprint density at radius 3 is 3.05 bits per heavy atom. The van der Waals surface area contributed by atoms with Gasteiger partial charge in [0.05, 0.1) is 5.69 Å². The van der Waals surface area contributed by atoms with Gasteiger partial charge in [-0.3, -0.25) is 14.1 Å². The number of nitrogens with zero attached hydrogens (tertiary/aromatic N) is 3. The summed E-state index contributed by atoms with van der Waals surface area (Å²) in [6.07, 6.45) is 2.84. The van der Waals surface area contributed by atoms with Gasteiger partial charge in [0, 0.05) is 37.9 Å². The molecule has 2 N–H and O–H groups in total. The highest BCUT2D eigenvalue weighted by atomic mass is 16.1. The molecule has 0 saturated carbocycles. The molecule has 5 nitrogen and oxygen atoms in total.